The standard InChI is InChI=1S/C9H15NO5S2/c1-7(11)16-6-8-4-9(12)10(5-8)2-3-17(13,14)15/h8H,2-6H2,1H3,(H,13,14,15). The topological polar surface area (TPSA) is 91.8 Å². The average molecular weight is 281 g/mol. The lowest BCUT2D eigenvalue weighted by Gasteiger charge is -2.15. The van der Waals surface area contributed by atoms with Crippen molar-refractivity contribution >= 4 is 32.9 Å². The largest absolute Gasteiger partial charge is 0.341 e. The summed E-state index contributed by atoms with van der Waals surface area (Å²) in [6.07, 6.45) is 0.339. The molecule has 0 radical (unpaired) electrons. The fourth-order valence-electron chi connectivity index (χ4n) is 1.64. The molecule has 1 aliphatic heterocycles. The lowest BCUT2D eigenvalue weighted by atomic mass is 10.1. The number of hydrogen-bond acceptors (Lipinski definition) is 5. The Balaban J connectivity index is 2.39. The third-order valence-electron chi connectivity index (χ3n) is 2.44. The van der Waals surface area contributed by atoms with Crippen LogP contribution in [-0.4, -0.2) is 53.5 Å². The van der Waals surface area contributed by atoms with Gasteiger partial charge in [0.15, 0.2) is 5.12 Å². The Hall–Kier alpha value is -0.600. The van der Waals surface area contributed by atoms with Crippen molar-refractivity contribution in [2.24, 2.45) is 5.92 Å². The number of carbonyl (C=O) groups is 2. The zero-order valence-electron chi connectivity index (χ0n) is 9.46. The normalized spacial score (nSPS) is 20.9. The van der Waals surface area contributed by atoms with Crippen LogP contribution in [0.2, 0.25) is 0 Å². The van der Waals surface area contributed by atoms with Crippen molar-refractivity contribution in [3.8, 4) is 0 Å². The van der Waals surface area contributed by atoms with Gasteiger partial charge in [-0.25, -0.2) is 0 Å². The monoisotopic (exact) mass is 281 g/mol. The van der Waals surface area contributed by atoms with Gasteiger partial charge in [0.25, 0.3) is 10.1 Å². The minimum Gasteiger partial charge on any atom is -0.341 e. The first-order chi connectivity index (χ1) is 7.78. The van der Waals surface area contributed by atoms with Gasteiger partial charge in [0.1, 0.15) is 0 Å². The van der Waals surface area contributed by atoms with Crippen LogP contribution in [0.3, 0.4) is 0 Å². The highest BCUT2D eigenvalue weighted by molar-refractivity contribution is 8.13. The highest BCUT2D eigenvalue weighted by Crippen LogP contribution is 2.22. The summed E-state index contributed by atoms with van der Waals surface area (Å²) in [7, 11) is -4.03. The summed E-state index contributed by atoms with van der Waals surface area (Å²) < 4.78 is 29.7. The van der Waals surface area contributed by atoms with Gasteiger partial charge in [-0.1, -0.05) is 11.8 Å². The summed E-state index contributed by atoms with van der Waals surface area (Å²) in [5.41, 5.74) is 0. The molecule has 1 unspecified atom stereocenters. The molecular weight excluding hydrogens is 266 g/mol. The summed E-state index contributed by atoms with van der Waals surface area (Å²) >= 11 is 1.17. The van der Waals surface area contributed by atoms with E-state index in [0.29, 0.717) is 18.7 Å². The smallest absolute Gasteiger partial charge is 0.266 e. The first-order valence-corrected chi connectivity index (χ1v) is 7.73. The second-order valence-corrected chi connectivity index (χ2v) is 6.77. The summed E-state index contributed by atoms with van der Waals surface area (Å²) in [6, 6.07) is 0. The van der Waals surface area contributed by atoms with Crippen molar-refractivity contribution in [2.45, 2.75) is 13.3 Å². The average Bonchev–Trinajstić information content (AvgIpc) is 2.52. The Bertz CT molecular complexity index is 406. The number of rotatable bonds is 5. The molecular formula is C9H15NO5S2. The predicted molar refractivity (Wildman–Crippen MR) is 64.2 cm³/mol. The molecule has 17 heavy (non-hydrogen) atoms. The van der Waals surface area contributed by atoms with Gasteiger partial charge in [-0.15, -0.1) is 0 Å². The van der Waals surface area contributed by atoms with Gasteiger partial charge in [0.2, 0.25) is 5.91 Å². The molecule has 1 fully saturated rings. The Labute approximate surface area is 104 Å². The molecule has 0 saturated carbocycles. The first-order valence-electron chi connectivity index (χ1n) is 5.14. The van der Waals surface area contributed by atoms with Crippen LogP contribution >= 0.6 is 11.8 Å². The van der Waals surface area contributed by atoms with Gasteiger partial charge < -0.3 is 4.90 Å². The zero-order chi connectivity index (χ0) is 13.1. The lowest BCUT2D eigenvalue weighted by Crippen LogP contribution is -2.30. The molecule has 8 heteroatoms. The number of hydrogen-bond donors (Lipinski definition) is 1. The van der Waals surface area contributed by atoms with E-state index in [0.717, 1.165) is 0 Å². The Morgan fingerprint density at radius 2 is 2.24 bits per heavy atom. The van der Waals surface area contributed by atoms with Crippen LogP contribution in [0.1, 0.15) is 13.3 Å². The van der Waals surface area contributed by atoms with E-state index in [4.69, 9.17) is 4.55 Å². The summed E-state index contributed by atoms with van der Waals surface area (Å²) in [4.78, 5) is 23.7. The maximum atomic E-state index is 11.5. The molecule has 0 aliphatic carbocycles. The molecule has 0 aromatic carbocycles. The van der Waals surface area contributed by atoms with E-state index in [1.807, 2.05) is 0 Å². The molecule has 0 aromatic rings. The highest BCUT2D eigenvalue weighted by atomic mass is 32.2. The van der Waals surface area contributed by atoms with Crippen LogP contribution in [0.25, 0.3) is 0 Å². The molecule has 0 aromatic heterocycles. The fraction of sp³-hybridized carbons (Fsp3) is 0.778. The van der Waals surface area contributed by atoms with E-state index in [2.05, 4.69) is 0 Å². The quantitative estimate of drug-likeness (QED) is 0.713. The van der Waals surface area contributed by atoms with Gasteiger partial charge in [-0.3, -0.25) is 14.1 Å². The molecule has 1 rings (SSSR count). The molecule has 1 aliphatic rings. The van der Waals surface area contributed by atoms with Crippen LogP contribution in [0, 0.1) is 5.92 Å². The second kappa shape index (κ2) is 5.83. The minimum atomic E-state index is -4.03. The molecule has 1 N–H and O–H groups in total. The van der Waals surface area contributed by atoms with Gasteiger partial charge in [0.05, 0.1) is 5.75 Å². The highest BCUT2D eigenvalue weighted by Gasteiger charge is 2.30. The Morgan fingerprint density at radius 3 is 2.76 bits per heavy atom. The number of nitrogens with zero attached hydrogens (tertiary/aromatic N) is 1. The van der Waals surface area contributed by atoms with Crippen LogP contribution in [0.4, 0.5) is 0 Å². The van der Waals surface area contributed by atoms with E-state index in [1.54, 1.807) is 0 Å². The molecule has 1 heterocycles. The lowest BCUT2D eigenvalue weighted by molar-refractivity contribution is -0.127. The second-order valence-electron chi connectivity index (χ2n) is 4.00. The van der Waals surface area contributed by atoms with Crippen molar-refractivity contribution in [1.29, 1.82) is 0 Å². The molecule has 98 valence electrons. The van der Waals surface area contributed by atoms with Crippen molar-refractivity contribution in [1.82, 2.24) is 4.90 Å². The Kier molecular flexibility index (Phi) is 4.96. The van der Waals surface area contributed by atoms with Gasteiger partial charge >= 0.3 is 0 Å². The van der Waals surface area contributed by atoms with Crippen LogP contribution in [0.5, 0.6) is 0 Å². The molecule has 6 nitrogen and oxygen atoms in total. The first kappa shape index (κ1) is 14.5. The number of carbonyl (C=O) groups excluding carboxylic acids is 2. The SMILES string of the molecule is CC(=O)SCC1CC(=O)N(CCS(=O)(=O)O)C1. The number of thioether (sulfide) groups is 1. The van der Waals surface area contributed by atoms with E-state index in [9.17, 15) is 18.0 Å². The van der Waals surface area contributed by atoms with Gasteiger partial charge in [-0.2, -0.15) is 8.42 Å². The molecule has 0 bridgehead atoms. The molecule has 1 saturated heterocycles. The van der Waals surface area contributed by atoms with Crippen molar-refractivity contribution in [3.63, 3.8) is 0 Å². The van der Waals surface area contributed by atoms with Gasteiger partial charge in [-0.05, 0) is 5.92 Å². The predicted octanol–water partition coefficient (Wildman–Crippen LogP) is 0.00240. The maximum Gasteiger partial charge on any atom is 0.266 e. The summed E-state index contributed by atoms with van der Waals surface area (Å²) in [6.45, 7) is 1.94. The van der Waals surface area contributed by atoms with Crippen LogP contribution in [-0.2, 0) is 19.7 Å². The minimum absolute atomic E-state index is 0.00818. The van der Waals surface area contributed by atoms with Crippen molar-refractivity contribution in [3.05, 3.63) is 0 Å². The summed E-state index contributed by atoms with van der Waals surface area (Å²) in [5.74, 6) is 0.0926. The van der Waals surface area contributed by atoms with Crippen molar-refractivity contribution in [2.75, 3.05) is 24.6 Å². The number of amides is 1. The van der Waals surface area contributed by atoms with Gasteiger partial charge in [0, 0.05) is 32.2 Å². The van der Waals surface area contributed by atoms with E-state index < -0.39 is 15.9 Å². The van der Waals surface area contributed by atoms with Crippen LogP contribution in [0.15, 0.2) is 0 Å². The van der Waals surface area contributed by atoms with Crippen LogP contribution < -0.4 is 0 Å². The third-order valence-corrected chi connectivity index (χ3v) is 4.18. The Morgan fingerprint density at radius 1 is 1.59 bits per heavy atom. The molecule has 1 atom stereocenters. The van der Waals surface area contributed by atoms with E-state index in [-0.39, 0.29) is 23.5 Å². The third kappa shape index (κ3) is 5.51. The summed E-state index contributed by atoms with van der Waals surface area (Å²) in [5, 5.41) is 0.00818. The molecule has 1 amide bonds. The van der Waals surface area contributed by atoms with E-state index in [1.165, 1.54) is 23.6 Å². The fourth-order valence-corrected chi connectivity index (χ4v) is 2.79. The van der Waals surface area contributed by atoms with Crippen molar-refractivity contribution < 1.29 is 22.6 Å². The maximum absolute atomic E-state index is 11.5. The van der Waals surface area contributed by atoms with E-state index >= 15 is 0 Å². The number of likely N-dealkylation sites (tertiary alicyclic amines) is 1. The zero-order valence-corrected chi connectivity index (χ0v) is 11.1. The molecule has 0 spiro atoms.